The summed E-state index contributed by atoms with van der Waals surface area (Å²) in [6, 6.07) is 5.78. The van der Waals surface area contributed by atoms with Crippen molar-refractivity contribution in [3.8, 4) is 5.75 Å². The standard InChI is InChI=1S/C14H18O2/c1-4-14(2,3)13(15)11-5-6-12-10(9-11)7-8-16-12/h5-6,9H,4,7-8H2,1-3H3. The number of ether oxygens (including phenoxy) is 1. The van der Waals surface area contributed by atoms with E-state index in [9.17, 15) is 4.79 Å². The zero-order valence-electron chi connectivity index (χ0n) is 10.2. The van der Waals surface area contributed by atoms with E-state index in [1.807, 2.05) is 39.0 Å². The monoisotopic (exact) mass is 218 g/mol. The molecule has 0 aliphatic carbocycles. The average Bonchev–Trinajstić information content (AvgIpc) is 2.74. The van der Waals surface area contributed by atoms with Gasteiger partial charge in [0.15, 0.2) is 5.78 Å². The summed E-state index contributed by atoms with van der Waals surface area (Å²) in [4.78, 5) is 12.3. The van der Waals surface area contributed by atoms with Gasteiger partial charge in [-0.3, -0.25) is 4.79 Å². The lowest BCUT2D eigenvalue weighted by atomic mass is 9.81. The van der Waals surface area contributed by atoms with Crippen LogP contribution < -0.4 is 4.74 Å². The molecule has 1 aliphatic rings. The van der Waals surface area contributed by atoms with Gasteiger partial charge in [0.25, 0.3) is 0 Å². The fourth-order valence-corrected chi connectivity index (χ4v) is 1.88. The second-order valence-electron chi connectivity index (χ2n) is 4.99. The first-order chi connectivity index (χ1) is 7.54. The Balaban J connectivity index is 2.32. The molecule has 0 unspecified atom stereocenters. The molecule has 16 heavy (non-hydrogen) atoms. The van der Waals surface area contributed by atoms with E-state index >= 15 is 0 Å². The Morgan fingerprint density at radius 2 is 2.19 bits per heavy atom. The first-order valence-electron chi connectivity index (χ1n) is 5.85. The lowest BCUT2D eigenvalue weighted by Crippen LogP contribution is -2.23. The highest BCUT2D eigenvalue weighted by Gasteiger charge is 2.27. The van der Waals surface area contributed by atoms with Gasteiger partial charge in [-0.15, -0.1) is 0 Å². The molecule has 1 aromatic carbocycles. The molecule has 0 bridgehead atoms. The first-order valence-corrected chi connectivity index (χ1v) is 5.85. The van der Waals surface area contributed by atoms with Gasteiger partial charge in [0.2, 0.25) is 0 Å². The number of carbonyl (C=O) groups is 1. The Morgan fingerprint density at radius 1 is 1.44 bits per heavy atom. The average molecular weight is 218 g/mol. The molecule has 1 heterocycles. The molecule has 0 N–H and O–H groups in total. The van der Waals surface area contributed by atoms with Crippen molar-refractivity contribution in [2.45, 2.75) is 33.6 Å². The van der Waals surface area contributed by atoms with Crippen molar-refractivity contribution >= 4 is 5.78 Å². The smallest absolute Gasteiger partial charge is 0.168 e. The van der Waals surface area contributed by atoms with Gasteiger partial charge in [0.05, 0.1) is 6.61 Å². The molecule has 0 saturated carbocycles. The lowest BCUT2D eigenvalue weighted by Gasteiger charge is -2.21. The van der Waals surface area contributed by atoms with E-state index in [2.05, 4.69) is 0 Å². The molecule has 0 radical (unpaired) electrons. The van der Waals surface area contributed by atoms with E-state index in [-0.39, 0.29) is 11.2 Å². The molecule has 0 saturated heterocycles. The summed E-state index contributed by atoms with van der Waals surface area (Å²) in [5.74, 6) is 1.16. The van der Waals surface area contributed by atoms with Crippen molar-refractivity contribution in [1.82, 2.24) is 0 Å². The maximum atomic E-state index is 12.3. The summed E-state index contributed by atoms with van der Waals surface area (Å²) in [6.07, 6.45) is 1.78. The van der Waals surface area contributed by atoms with Crippen LogP contribution >= 0.6 is 0 Å². The molecule has 0 aromatic heterocycles. The second kappa shape index (κ2) is 3.93. The van der Waals surface area contributed by atoms with E-state index in [1.54, 1.807) is 0 Å². The normalized spacial score (nSPS) is 14.4. The number of rotatable bonds is 3. The minimum absolute atomic E-state index is 0.227. The predicted octanol–water partition coefficient (Wildman–Crippen LogP) is 3.24. The largest absolute Gasteiger partial charge is 0.493 e. The summed E-state index contributed by atoms with van der Waals surface area (Å²) in [6.45, 7) is 6.79. The maximum Gasteiger partial charge on any atom is 0.168 e. The second-order valence-corrected chi connectivity index (χ2v) is 4.99. The molecule has 2 rings (SSSR count). The molecule has 1 aliphatic heterocycles. The molecule has 0 spiro atoms. The number of fused-ring (bicyclic) bond motifs is 1. The highest BCUT2D eigenvalue weighted by molar-refractivity contribution is 6.00. The van der Waals surface area contributed by atoms with Crippen LogP contribution in [0.5, 0.6) is 5.75 Å². The van der Waals surface area contributed by atoms with E-state index in [0.29, 0.717) is 0 Å². The lowest BCUT2D eigenvalue weighted by molar-refractivity contribution is 0.0833. The van der Waals surface area contributed by atoms with Crippen LogP contribution in [0.15, 0.2) is 18.2 Å². The molecule has 0 amide bonds. The zero-order valence-corrected chi connectivity index (χ0v) is 10.2. The fraction of sp³-hybridized carbons (Fsp3) is 0.500. The topological polar surface area (TPSA) is 26.3 Å². The summed E-state index contributed by atoms with van der Waals surface area (Å²) >= 11 is 0. The molecule has 2 nitrogen and oxygen atoms in total. The van der Waals surface area contributed by atoms with E-state index in [1.165, 1.54) is 0 Å². The van der Waals surface area contributed by atoms with Gasteiger partial charge < -0.3 is 4.74 Å². The van der Waals surface area contributed by atoms with Crippen molar-refractivity contribution < 1.29 is 9.53 Å². The predicted molar refractivity (Wildman–Crippen MR) is 64.0 cm³/mol. The number of carbonyl (C=O) groups excluding carboxylic acids is 1. The fourth-order valence-electron chi connectivity index (χ4n) is 1.88. The quantitative estimate of drug-likeness (QED) is 0.728. The Hall–Kier alpha value is -1.31. The van der Waals surface area contributed by atoms with Crippen LogP contribution in [-0.4, -0.2) is 12.4 Å². The van der Waals surface area contributed by atoms with E-state index in [0.717, 1.165) is 36.3 Å². The van der Waals surface area contributed by atoms with Gasteiger partial charge in [-0.25, -0.2) is 0 Å². The third-order valence-corrected chi connectivity index (χ3v) is 3.45. The third kappa shape index (κ3) is 1.84. The summed E-state index contributed by atoms with van der Waals surface area (Å²) in [7, 11) is 0. The van der Waals surface area contributed by atoms with Gasteiger partial charge in [0, 0.05) is 17.4 Å². The molecule has 0 atom stereocenters. The Labute approximate surface area is 96.6 Å². The minimum Gasteiger partial charge on any atom is -0.493 e. The van der Waals surface area contributed by atoms with Crippen LogP contribution in [0.25, 0.3) is 0 Å². The molecule has 0 fully saturated rings. The van der Waals surface area contributed by atoms with Crippen molar-refractivity contribution in [2.75, 3.05) is 6.61 Å². The Morgan fingerprint density at radius 3 is 2.88 bits per heavy atom. The Bertz CT molecular complexity index is 419. The van der Waals surface area contributed by atoms with Crippen molar-refractivity contribution in [3.05, 3.63) is 29.3 Å². The van der Waals surface area contributed by atoms with Crippen molar-refractivity contribution in [1.29, 1.82) is 0 Å². The maximum absolute atomic E-state index is 12.3. The van der Waals surface area contributed by atoms with Gasteiger partial charge in [-0.05, 0) is 30.2 Å². The van der Waals surface area contributed by atoms with Crippen LogP contribution in [0, 0.1) is 5.41 Å². The molecule has 86 valence electrons. The molecule has 2 heteroatoms. The van der Waals surface area contributed by atoms with Crippen molar-refractivity contribution in [3.63, 3.8) is 0 Å². The van der Waals surface area contributed by atoms with Gasteiger partial charge >= 0.3 is 0 Å². The van der Waals surface area contributed by atoms with E-state index < -0.39 is 0 Å². The van der Waals surface area contributed by atoms with Crippen LogP contribution in [0.2, 0.25) is 0 Å². The summed E-state index contributed by atoms with van der Waals surface area (Å²) < 4.78 is 5.43. The van der Waals surface area contributed by atoms with E-state index in [4.69, 9.17) is 4.74 Å². The van der Waals surface area contributed by atoms with Crippen LogP contribution in [0.3, 0.4) is 0 Å². The van der Waals surface area contributed by atoms with Gasteiger partial charge in [-0.2, -0.15) is 0 Å². The number of ketones is 1. The molecular weight excluding hydrogens is 200 g/mol. The zero-order chi connectivity index (χ0) is 11.8. The number of hydrogen-bond donors (Lipinski definition) is 0. The SMILES string of the molecule is CCC(C)(C)C(=O)c1ccc2c(c1)CCO2. The molecule has 1 aromatic rings. The van der Waals surface area contributed by atoms with Gasteiger partial charge in [0.1, 0.15) is 5.75 Å². The van der Waals surface area contributed by atoms with Crippen molar-refractivity contribution in [2.24, 2.45) is 5.41 Å². The van der Waals surface area contributed by atoms with Crippen LogP contribution in [0.4, 0.5) is 0 Å². The summed E-state index contributed by atoms with van der Waals surface area (Å²) in [5.41, 5.74) is 1.71. The third-order valence-electron chi connectivity index (χ3n) is 3.45. The molecular formula is C14H18O2. The highest BCUT2D eigenvalue weighted by Crippen LogP contribution is 2.30. The summed E-state index contributed by atoms with van der Waals surface area (Å²) in [5, 5.41) is 0. The first kappa shape index (κ1) is 11.2. The Kier molecular flexibility index (Phi) is 2.75. The minimum atomic E-state index is -0.270. The number of hydrogen-bond acceptors (Lipinski definition) is 2. The van der Waals surface area contributed by atoms with Crippen LogP contribution in [0.1, 0.15) is 43.1 Å². The highest BCUT2D eigenvalue weighted by atomic mass is 16.5. The van der Waals surface area contributed by atoms with Crippen LogP contribution in [-0.2, 0) is 6.42 Å². The van der Waals surface area contributed by atoms with Gasteiger partial charge in [-0.1, -0.05) is 20.8 Å². The number of Topliss-reactive ketones (excluding diaryl/α,β-unsaturated/α-hetero) is 1. The number of benzene rings is 1.